The van der Waals surface area contributed by atoms with Gasteiger partial charge in [-0.2, -0.15) is 0 Å². The van der Waals surface area contributed by atoms with Crippen molar-refractivity contribution < 1.29 is 23.1 Å². The first-order valence-corrected chi connectivity index (χ1v) is 8.16. The lowest BCUT2D eigenvalue weighted by Gasteiger charge is -2.12. The summed E-state index contributed by atoms with van der Waals surface area (Å²) in [4.78, 5) is 24.1. The number of amides is 2. The van der Waals surface area contributed by atoms with Crippen LogP contribution in [-0.2, 0) is 0 Å². The van der Waals surface area contributed by atoms with E-state index < -0.39 is 5.92 Å². The number of halogens is 2. The lowest BCUT2D eigenvalue weighted by molar-refractivity contribution is 0.00477. The zero-order valence-corrected chi connectivity index (χ0v) is 13.2. The molecule has 0 bridgehead atoms. The third-order valence-electron chi connectivity index (χ3n) is 4.48. The smallest absolute Gasteiger partial charge is 0.255 e. The number of carbonyl (C=O) groups is 2. The van der Waals surface area contributed by atoms with E-state index in [9.17, 15) is 18.4 Å². The summed E-state index contributed by atoms with van der Waals surface area (Å²) in [7, 11) is 0. The van der Waals surface area contributed by atoms with Gasteiger partial charge in [0.05, 0.1) is 12.1 Å². The molecule has 2 amide bonds. The summed E-state index contributed by atoms with van der Waals surface area (Å²) in [5.74, 6) is -2.75. The number of fused-ring (bicyclic) bond motifs is 1. The molecule has 130 valence electrons. The van der Waals surface area contributed by atoms with Crippen molar-refractivity contribution in [2.45, 2.75) is 31.6 Å². The van der Waals surface area contributed by atoms with Gasteiger partial charge < -0.3 is 15.4 Å². The van der Waals surface area contributed by atoms with Crippen molar-refractivity contribution in [1.29, 1.82) is 0 Å². The van der Waals surface area contributed by atoms with Crippen LogP contribution in [0.2, 0.25) is 0 Å². The van der Waals surface area contributed by atoms with E-state index in [4.69, 9.17) is 4.74 Å². The number of alkyl halides is 2. The van der Waals surface area contributed by atoms with Crippen LogP contribution in [0, 0.1) is 5.92 Å². The van der Waals surface area contributed by atoms with Gasteiger partial charge in [0.15, 0.2) is 0 Å². The Labute approximate surface area is 138 Å². The Kier molecular flexibility index (Phi) is 4.69. The zero-order valence-electron chi connectivity index (χ0n) is 13.2. The van der Waals surface area contributed by atoms with Gasteiger partial charge in [0.2, 0.25) is 5.92 Å². The molecule has 24 heavy (non-hydrogen) atoms. The number of hydrogen-bond acceptors (Lipinski definition) is 3. The van der Waals surface area contributed by atoms with E-state index in [0.29, 0.717) is 49.4 Å². The average Bonchev–Trinajstić information content (AvgIpc) is 2.78. The quantitative estimate of drug-likeness (QED) is 0.886. The third-order valence-corrected chi connectivity index (χ3v) is 4.48. The fourth-order valence-electron chi connectivity index (χ4n) is 3.18. The highest BCUT2D eigenvalue weighted by Crippen LogP contribution is 2.40. The van der Waals surface area contributed by atoms with E-state index >= 15 is 0 Å². The van der Waals surface area contributed by atoms with E-state index in [-0.39, 0.29) is 30.6 Å². The van der Waals surface area contributed by atoms with Crippen molar-refractivity contribution in [2.75, 3.05) is 19.7 Å². The molecule has 0 aromatic heterocycles. The maximum atomic E-state index is 13.1. The van der Waals surface area contributed by atoms with Gasteiger partial charge in [-0.05, 0) is 37.0 Å². The van der Waals surface area contributed by atoms with Gasteiger partial charge in [-0.25, -0.2) is 8.78 Å². The van der Waals surface area contributed by atoms with Gasteiger partial charge in [-0.15, -0.1) is 0 Å². The molecule has 1 aromatic carbocycles. The summed E-state index contributed by atoms with van der Waals surface area (Å²) in [6.07, 6.45) is 0.875. The van der Waals surface area contributed by atoms with Crippen LogP contribution in [0.5, 0.6) is 5.75 Å². The van der Waals surface area contributed by atoms with Crippen LogP contribution in [0.25, 0.3) is 0 Å². The van der Waals surface area contributed by atoms with Crippen LogP contribution in [0.15, 0.2) is 18.2 Å². The second-order valence-electron chi connectivity index (χ2n) is 6.32. The van der Waals surface area contributed by atoms with E-state index in [2.05, 4.69) is 10.6 Å². The second kappa shape index (κ2) is 6.75. The minimum Gasteiger partial charge on any atom is -0.491 e. The Bertz CT molecular complexity index is 649. The van der Waals surface area contributed by atoms with E-state index in [1.807, 2.05) is 0 Å². The van der Waals surface area contributed by atoms with Gasteiger partial charge in [-0.1, -0.05) is 0 Å². The molecular weight excluding hydrogens is 318 g/mol. The monoisotopic (exact) mass is 338 g/mol. The summed E-state index contributed by atoms with van der Waals surface area (Å²) < 4.78 is 31.7. The highest BCUT2D eigenvalue weighted by atomic mass is 19.3. The highest BCUT2D eigenvalue weighted by molar-refractivity contribution is 6.01. The van der Waals surface area contributed by atoms with E-state index in [1.54, 1.807) is 12.1 Å². The first-order valence-electron chi connectivity index (χ1n) is 8.16. The summed E-state index contributed by atoms with van der Waals surface area (Å²) >= 11 is 0. The normalized spacial score (nSPS) is 22.1. The van der Waals surface area contributed by atoms with E-state index in [0.717, 1.165) is 0 Å². The fourth-order valence-corrected chi connectivity index (χ4v) is 3.18. The summed E-state index contributed by atoms with van der Waals surface area (Å²) in [6.45, 7) is 1.15. The molecule has 1 aliphatic carbocycles. The molecule has 1 saturated carbocycles. The van der Waals surface area contributed by atoms with Crippen LogP contribution in [-0.4, -0.2) is 37.4 Å². The fraction of sp³-hybridized carbons (Fsp3) is 0.529. The van der Waals surface area contributed by atoms with Crippen molar-refractivity contribution in [3.63, 3.8) is 0 Å². The van der Waals surface area contributed by atoms with Gasteiger partial charge in [0.1, 0.15) is 12.4 Å². The molecular formula is C17H20F2N2O3. The molecule has 1 aromatic rings. The van der Waals surface area contributed by atoms with Crippen LogP contribution in [0.1, 0.15) is 46.4 Å². The minimum absolute atomic E-state index is 0.0495. The molecule has 0 saturated heterocycles. The Hall–Kier alpha value is -2.18. The Morgan fingerprint density at radius 3 is 3.00 bits per heavy atom. The standard InChI is InChI=1S/C17H20F2N2O3/c18-17(19)5-3-11(10-17)4-6-20-15(22)12-1-2-14-13(9-12)16(23)21-7-8-24-14/h1-2,9,11H,3-8,10H2,(H,20,22)(H,21,23). The first kappa shape index (κ1) is 16.7. The lowest BCUT2D eigenvalue weighted by atomic mass is 10.0. The van der Waals surface area contributed by atoms with Gasteiger partial charge >= 0.3 is 0 Å². The van der Waals surface area contributed by atoms with Crippen LogP contribution >= 0.6 is 0 Å². The molecule has 1 unspecified atom stereocenters. The summed E-state index contributed by atoms with van der Waals surface area (Å²) in [6, 6.07) is 4.69. The third kappa shape index (κ3) is 3.83. The van der Waals surface area contributed by atoms with Gasteiger partial charge in [-0.3, -0.25) is 9.59 Å². The molecule has 7 heteroatoms. The first-order chi connectivity index (χ1) is 11.4. The molecule has 1 heterocycles. The summed E-state index contributed by atoms with van der Waals surface area (Å²) in [5, 5.41) is 5.42. The number of rotatable bonds is 4. The van der Waals surface area contributed by atoms with Crippen molar-refractivity contribution in [3.8, 4) is 5.75 Å². The molecule has 0 radical (unpaired) electrons. The predicted molar refractivity (Wildman–Crippen MR) is 83.5 cm³/mol. The molecule has 1 aliphatic heterocycles. The number of benzene rings is 1. The number of hydrogen-bond donors (Lipinski definition) is 2. The Balaban J connectivity index is 1.57. The minimum atomic E-state index is -2.56. The van der Waals surface area contributed by atoms with Crippen molar-refractivity contribution in [1.82, 2.24) is 10.6 Å². The van der Waals surface area contributed by atoms with Crippen LogP contribution < -0.4 is 15.4 Å². The Morgan fingerprint density at radius 2 is 2.25 bits per heavy atom. The predicted octanol–water partition coefficient (Wildman–Crippen LogP) is 2.36. The van der Waals surface area contributed by atoms with Crippen molar-refractivity contribution >= 4 is 11.8 Å². The number of nitrogens with one attached hydrogen (secondary N) is 2. The van der Waals surface area contributed by atoms with Crippen LogP contribution in [0.3, 0.4) is 0 Å². The van der Waals surface area contributed by atoms with E-state index in [1.165, 1.54) is 6.07 Å². The van der Waals surface area contributed by atoms with Gasteiger partial charge in [0.25, 0.3) is 11.8 Å². The largest absolute Gasteiger partial charge is 0.491 e. The lowest BCUT2D eigenvalue weighted by Crippen LogP contribution is -2.27. The molecule has 0 spiro atoms. The molecule has 5 nitrogen and oxygen atoms in total. The summed E-state index contributed by atoms with van der Waals surface area (Å²) in [5.41, 5.74) is 0.682. The van der Waals surface area contributed by atoms with Crippen molar-refractivity contribution in [2.24, 2.45) is 5.92 Å². The number of carbonyl (C=O) groups excluding carboxylic acids is 2. The molecule has 1 fully saturated rings. The van der Waals surface area contributed by atoms with Gasteiger partial charge in [0, 0.05) is 24.9 Å². The average molecular weight is 338 g/mol. The second-order valence-corrected chi connectivity index (χ2v) is 6.32. The van der Waals surface area contributed by atoms with Crippen molar-refractivity contribution in [3.05, 3.63) is 29.3 Å². The molecule has 2 aliphatic rings. The molecule has 1 atom stereocenters. The maximum Gasteiger partial charge on any atom is 0.255 e. The highest BCUT2D eigenvalue weighted by Gasteiger charge is 2.38. The zero-order chi connectivity index (χ0) is 17.2. The SMILES string of the molecule is O=C(NCCC1CCC(F)(F)C1)c1ccc2c(c1)C(=O)NCCO2. The molecule has 3 rings (SSSR count). The topological polar surface area (TPSA) is 67.4 Å². The number of ether oxygens (including phenoxy) is 1. The molecule has 2 N–H and O–H groups in total. The maximum absolute atomic E-state index is 13.1. The van der Waals surface area contributed by atoms with Crippen LogP contribution in [0.4, 0.5) is 8.78 Å². The Morgan fingerprint density at radius 1 is 1.42 bits per heavy atom.